The minimum atomic E-state index is -0.597. The van der Waals surface area contributed by atoms with E-state index in [1.165, 1.54) is 0 Å². The molecule has 4 nitrogen and oxygen atoms in total. The van der Waals surface area contributed by atoms with Crippen molar-refractivity contribution in [2.75, 3.05) is 13.6 Å². The van der Waals surface area contributed by atoms with Gasteiger partial charge in [-0.3, -0.25) is 4.68 Å². The van der Waals surface area contributed by atoms with Crippen molar-refractivity contribution < 1.29 is 5.11 Å². The first-order valence-electron chi connectivity index (χ1n) is 4.63. The van der Waals surface area contributed by atoms with Crippen LogP contribution in [-0.4, -0.2) is 28.5 Å². The Morgan fingerprint density at radius 2 is 2.29 bits per heavy atom. The Morgan fingerprint density at radius 3 is 2.71 bits per heavy atom. The molecule has 0 radical (unpaired) electrons. The number of rotatable bonds is 4. The van der Waals surface area contributed by atoms with Crippen LogP contribution in [-0.2, 0) is 0 Å². The molecule has 0 saturated carbocycles. The predicted molar refractivity (Wildman–Crippen MR) is 56.5 cm³/mol. The highest BCUT2D eigenvalue weighted by Crippen LogP contribution is 2.24. The number of hydrogen-bond donors (Lipinski definition) is 2. The maximum absolute atomic E-state index is 9.70. The SMILES string of the molecule is CNCC(O)c1cnn(C(C)C)c1Cl. The van der Waals surface area contributed by atoms with Crippen molar-refractivity contribution in [1.29, 1.82) is 0 Å². The first-order valence-corrected chi connectivity index (χ1v) is 5.01. The lowest BCUT2D eigenvalue weighted by molar-refractivity contribution is 0.177. The van der Waals surface area contributed by atoms with Crippen molar-refractivity contribution in [2.24, 2.45) is 0 Å². The molecule has 0 aliphatic heterocycles. The zero-order chi connectivity index (χ0) is 10.7. The second-order valence-corrected chi connectivity index (χ2v) is 3.86. The number of likely N-dealkylation sites (N-methyl/N-ethyl adjacent to an activating group) is 1. The molecule has 5 heteroatoms. The van der Waals surface area contributed by atoms with E-state index in [1.807, 2.05) is 13.8 Å². The third-order valence-corrected chi connectivity index (χ3v) is 2.40. The summed E-state index contributed by atoms with van der Waals surface area (Å²) in [6, 6.07) is 0.207. The monoisotopic (exact) mass is 217 g/mol. The quantitative estimate of drug-likeness (QED) is 0.801. The molecule has 0 aromatic carbocycles. The second kappa shape index (κ2) is 4.77. The van der Waals surface area contributed by atoms with E-state index >= 15 is 0 Å². The summed E-state index contributed by atoms with van der Waals surface area (Å²) in [7, 11) is 1.78. The van der Waals surface area contributed by atoms with Crippen LogP contribution < -0.4 is 5.32 Å². The fourth-order valence-corrected chi connectivity index (χ4v) is 1.66. The fraction of sp³-hybridized carbons (Fsp3) is 0.667. The summed E-state index contributed by atoms with van der Waals surface area (Å²) in [5.74, 6) is 0. The van der Waals surface area contributed by atoms with Crippen LogP contribution in [0.1, 0.15) is 31.6 Å². The van der Waals surface area contributed by atoms with Gasteiger partial charge in [0.25, 0.3) is 0 Å². The van der Waals surface area contributed by atoms with Gasteiger partial charge in [0, 0.05) is 18.2 Å². The largest absolute Gasteiger partial charge is 0.387 e. The molecule has 1 aromatic heterocycles. The van der Waals surface area contributed by atoms with Crippen molar-refractivity contribution in [3.05, 3.63) is 16.9 Å². The molecule has 0 saturated heterocycles. The molecule has 1 heterocycles. The van der Waals surface area contributed by atoms with Crippen molar-refractivity contribution in [2.45, 2.75) is 26.0 Å². The summed E-state index contributed by atoms with van der Waals surface area (Å²) in [5, 5.41) is 17.2. The molecule has 0 bridgehead atoms. The van der Waals surface area contributed by atoms with Gasteiger partial charge in [0.15, 0.2) is 0 Å². The first kappa shape index (κ1) is 11.5. The van der Waals surface area contributed by atoms with Crippen LogP contribution in [0.25, 0.3) is 0 Å². The number of nitrogens with zero attached hydrogens (tertiary/aromatic N) is 2. The van der Waals surface area contributed by atoms with Gasteiger partial charge in [-0.1, -0.05) is 11.6 Å². The van der Waals surface area contributed by atoms with Crippen LogP contribution in [0.2, 0.25) is 5.15 Å². The molecule has 1 aromatic rings. The number of nitrogens with one attached hydrogen (secondary N) is 1. The maximum atomic E-state index is 9.70. The van der Waals surface area contributed by atoms with Gasteiger partial charge in [-0.05, 0) is 20.9 Å². The zero-order valence-electron chi connectivity index (χ0n) is 8.66. The highest BCUT2D eigenvalue weighted by atomic mass is 35.5. The van der Waals surface area contributed by atoms with Crippen molar-refractivity contribution in [3.8, 4) is 0 Å². The van der Waals surface area contributed by atoms with Gasteiger partial charge in [-0.25, -0.2) is 0 Å². The Labute approximate surface area is 88.9 Å². The van der Waals surface area contributed by atoms with Crippen LogP contribution in [0, 0.1) is 0 Å². The molecule has 0 fully saturated rings. The van der Waals surface area contributed by atoms with Crippen LogP contribution in [0.3, 0.4) is 0 Å². The molecule has 1 atom stereocenters. The molecule has 1 unspecified atom stereocenters. The number of aromatic nitrogens is 2. The van der Waals surface area contributed by atoms with E-state index in [-0.39, 0.29) is 6.04 Å². The number of hydrogen-bond acceptors (Lipinski definition) is 3. The van der Waals surface area contributed by atoms with Crippen molar-refractivity contribution in [3.63, 3.8) is 0 Å². The third kappa shape index (κ3) is 2.26. The summed E-state index contributed by atoms with van der Waals surface area (Å²) in [5.41, 5.74) is 0.676. The summed E-state index contributed by atoms with van der Waals surface area (Å²) >= 11 is 6.06. The molecule has 0 aliphatic carbocycles. The lowest BCUT2D eigenvalue weighted by Gasteiger charge is -2.10. The van der Waals surface area contributed by atoms with Gasteiger partial charge >= 0.3 is 0 Å². The smallest absolute Gasteiger partial charge is 0.133 e. The van der Waals surface area contributed by atoms with Gasteiger partial charge in [-0.15, -0.1) is 0 Å². The normalized spacial score (nSPS) is 13.6. The lowest BCUT2D eigenvalue weighted by Crippen LogP contribution is -2.16. The van der Waals surface area contributed by atoms with Crippen LogP contribution in [0.4, 0.5) is 0 Å². The summed E-state index contributed by atoms with van der Waals surface area (Å²) in [6.07, 6.45) is 1.02. The van der Waals surface area contributed by atoms with E-state index < -0.39 is 6.10 Å². The van der Waals surface area contributed by atoms with Gasteiger partial charge < -0.3 is 10.4 Å². The molecule has 1 rings (SSSR count). The Kier molecular flexibility index (Phi) is 3.92. The average Bonchev–Trinajstić information content (AvgIpc) is 2.47. The van der Waals surface area contributed by atoms with E-state index in [4.69, 9.17) is 11.6 Å². The Balaban J connectivity index is 2.89. The molecule has 0 spiro atoms. The fourth-order valence-electron chi connectivity index (χ4n) is 1.25. The summed E-state index contributed by atoms with van der Waals surface area (Å²) in [6.45, 7) is 4.46. The Hall–Kier alpha value is -0.580. The van der Waals surface area contributed by atoms with Gasteiger partial charge in [0.1, 0.15) is 5.15 Å². The van der Waals surface area contributed by atoms with E-state index in [9.17, 15) is 5.11 Å². The molecule has 0 aliphatic rings. The summed E-state index contributed by atoms with van der Waals surface area (Å²) in [4.78, 5) is 0. The van der Waals surface area contributed by atoms with E-state index in [2.05, 4.69) is 10.4 Å². The van der Waals surface area contributed by atoms with Crippen molar-refractivity contribution in [1.82, 2.24) is 15.1 Å². The highest BCUT2D eigenvalue weighted by Gasteiger charge is 2.16. The third-order valence-electron chi connectivity index (χ3n) is 2.01. The molecule has 0 amide bonds. The number of aliphatic hydroxyl groups excluding tert-OH is 1. The molecular weight excluding hydrogens is 202 g/mol. The Morgan fingerprint density at radius 1 is 1.64 bits per heavy atom. The van der Waals surface area contributed by atoms with Gasteiger partial charge in [0.05, 0.1) is 12.3 Å². The molecule has 80 valence electrons. The number of aliphatic hydroxyl groups is 1. The van der Waals surface area contributed by atoms with Crippen LogP contribution in [0.5, 0.6) is 0 Å². The Bertz CT molecular complexity index is 298. The van der Waals surface area contributed by atoms with Gasteiger partial charge in [-0.2, -0.15) is 5.10 Å². The average molecular weight is 218 g/mol. The standard InChI is InChI=1S/C9H16ClN3O/c1-6(2)13-9(10)7(4-12-13)8(14)5-11-3/h4,6,8,11,14H,5H2,1-3H3. The minimum Gasteiger partial charge on any atom is -0.387 e. The van der Waals surface area contributed by atoms with Crippen LogP contribution in [0.15, 0.2) is 6.20 Å². The van der Waals surface area contributed by atoms with Crippen LogP contribution >= 0.6 is 11.6 Å². The number of halogens is 1. The van der Waals surface area contributed by atoms with E-state index in [1.54, 1.807) is 17.9 Å². The van der Waals surface area contributed by atoms with Gasteiger partial charge in [0.2, 0.25) is 0 Å². The highest BCUT2D eigenvalue weighted by molar-refractivity contribution is 6.30. The molecule has 14 heavy (non-hydrogen) atoms. The zero-order valence-corrected chi connectivity index (χ0v) is 9.41. The molecule has 2 N–H and O–H groups in total. The lowest BCUT2D eigenvalue weighted by atomic mass is 10.2. The summed E-state index contributed by atoms with van der Waals surface area (Å²) < 4.78 is 1.69. The second-order valence-electron chi connectivity index (χ2n) is 3.50. The van der Waals surface area contributed by atoms with Crippen molar-refractivity contribution >= 4 is 11.6 Å². The maximum Gasteiger partial charge on any atom is 0.133 e. The van der Waals surface area contributed by atoms with E-state index in [0.29, 0.717) is 17.3 Å². The minimum absolute atomic E-state index is 0.207. The topological polar surface area (TPSA) is 50.1 Å². The first-order chi connectivity index (χ1) is 6.57. The van der Waals surface area contributed by atoms with E-state index in [0.717, 1.165) is 0 Å². The molecular formula is C9H16ClN3O. The predicted octanol–water partition coefficient (Wildman–Crippen LogP) is 1.37.